The highest BCUT2D eigenvalue weighted by Crippen LogP contribution is 2.26. The first kappa shape index (κ1) is 23.2. The highest BCUT2D eigenvalue weighted by atomic mass is 16.5. The van der Waals surface area contributed by atoms with E-state index in [0.717, 1.165) is 24.3 Å². The van der Waals surface area contributed by atoms with E-state index >= 15 is 0 Å². The number of nitrogens with one attached hydrogen (secondary N) is 1. The van der Waals surface area contributed by atoms with Crippen molar-refractivity contribution >= 4 is 11.7 Å². The summed E-state index contributed by atoms with van der Waals surface area (Å²) in [6.07, 6.45) is 6.28. The van der Waals surface area contributed by atoms with Crippen LogP contribution in [-0.4, -0.2) is 39.7 Å². The molecule has 7 nitrogen and oxygen atoms in total. The Morgan fingerprint density at radius 1 is 1.12 bits per heavy atom. The van der Waals surface area contributed by atoms with Crippen molar-refractivity contribution < 1.29 is 14.3 Å². The van der Waals surface area contributed by atoms with Crippen molar-refractivity contribution in [1.29, 1.82) is 0 Å². The molecule has 2 aromatic carbocycles. The summed E-state index contributed by atoms with van der Waals surface area (Å²) in [7, 11) is 0. The van der Waals surface area contributed by atoms with Crippen molar-refractivity contribution in [2.75, 3.05) is 18.5 Å². The van der Waals surface area contributed by atoms with Crippen molar-refractivity contribution in [3.8, 4) is 11.5 Å². The Morgan fingerprint density at radius 2 is 1.88 bits per heavy atom. The third kappa shape index (κ3) is 6.77. The second-order valence-corrected chi connectivity index (χ2v) is 7.71. The van der Waals surface area contributed by atoms with Gasteiger partial charge >= 0.3 is 6.03 Å². The number of para-hydroxylation sites is 3. The molecule has 0 atom stereocenters. The number of amides is 2. The summed E-state index contributed by atoms with van der Waals surface area (Å²) >= 11 is 0. The van der Waals surface area contributed by atoms with E-state index in [1.807, 2.05) is 80.1 Å². The SMILES string of the molecule is CCOc1ccccc1CN(CCCn1ccnc1)C(=O)Nc1ccccc1OC(C)C. The fourth-order valence-electron chi connectivity index (χ4n) is 3.37. The molecular formula is C25H32N4O3. The lowest BCUT2D eigenvalue weighted by atomic mass is 10.2. The summed E-state index contributed by atoms with van der Waals surface area (Å²) in [6.45, 7) is 8.26. The molecule has 0 aliphatic carbocycles. The Balaban J connectivity index is 1.76. The third-order valence-electron chi connectivity index (χ3n) is 4.82. The zero-order valence-corrected chi connectivity index (χ0v) is 19.0. The number of hydrogen-bond donors (Lipinski definition) is 1. The van der Waals surface area contributed by atoms with Crippen molar-refractivity contribution in [3.63, 3.8) is 0 Å². The van der Waals surface area contributed by atoms with Crippen molar-refractivity contribution in [2.24, 2.45) is 0 Å². The average Bonchev–Trinajstić information content (AvgIpc) is 3.29. The van der Waals surface area contributed by atoms with Crippen LogP contribution in [0.1, 0.15) is 32.8 Å². The molecule has 0 saturated carbocycles. The average molecular weight is 437 g/mol. The fourth-order valence-corrected chi connectivity index (χ4v) is 3.37. The standard InChI is InChI=1S/C25H32N4O3/c1-4-31-23-12-7-5-10-21(23)18-29(16-9-15-28-17-14-26-19-28)25(30)27-22-11-6-8-13-24(22)32-20(2)3/h5-8,10-14,17,19-20H,4,9,15-16,18H2,1-3H3,(H,27,30). The van der Waals surface area contributed by atoms with Crippen LogP contribution < -0.4 is 14.8 Å². The quantitative estimate of drug-likeness (QED) is 0.449. The molecule has 1 N–H and O–H groups in total. The van der Waals surface area contributed by atoms with Crippen LogP contribution in [0.4, 0.5) is 10.5 Å². The number of nitrogens with zero attached hydrogens (tertiary/aromatic N) is 3. The summed E-state index contributed by atoms with van der Waals surface area (Å²) in [6, 6.07) is 15.2. The number of aryl methyl sites for hydroxylation is 1. The maximum atomic E-state index is 13.3. The molecule has 32 heavy (non-hydrogen) atoms. The number of ether oxygens (including phenoxy) is 2. The molecule has 1 heterocycles. The first-order valence-electron chi connectivity index (χ1n) is 11.0. The number of carbonyl (C=O) groups excluding carboxylic acids is 1. The topological polar surface area (TPSA) is 68.6 Å². The lowest BCUT2D eigenvalue weighted by Gasteiger charge is -2.25. The van der Waals surface area contributed by atoms with Gasteiger partial charge in [-0.25, -0.2) is 9.78 Å². The molecule has 0 aliphatic rings. The van der Waals surface area contributed by atoms with Crippen LogP contribution in [0.25, 0.3) is 0 Å². The Morgan fingerprint density at radius 3 is 2.59 bits per heavy atom. The zero-order valence-electron chi connectivity index (χ0n) is 19.0. The molecule has 0 unspecified atom stereocenters. The molecule has 0 spiro atoms. The van der Waals surface area contributed by atoms with E-state index < -0.39 is 0 Å². The summed E-state index contributed by atoms with van der Waals surface area (Å²) in [5.41, 5.74) is 1.63. The normalized spacial score (nSPS) is 10.8. The molecule has 0 radical (unpaired) electrons. The zero-order chi connectivity index (χ0) is 22.8. The van der Waals surface area contributed by atoms with E-state index in [1.54, 1.807) is 17.4 Å². The van der Waals surface area contributed by atoms with E-state index in [2.05, 4.69) is 10.3 Å². The maximum Gasteiger partial charge on any atom is 0.322 e. The summed E-state index contributed by atoms with van der Waals surface area (Å²) in [4.78, 5) is 19.2. The Bertz CT molecular complexity index is 973. The van der Waals surface area contributed by atoms with Gasteiger partial charge in [-0.1, -0.05) is 30.3 Å². The Kier molecular flexibility index (Phi) is 8.54. The number of benzene rings is 2. The molecule has 0 saturated heterocycles. The maximum absolute atomic E-state index is 13.3. The lowest BCUT2D eigenvalue weighted by Crippen LogP contribution is -2.36. The van der Waals surface area contributed by atoms with Crippen molar-refractivity contribution in [2.45, 2.75) is 46.4 Å². The van der Waals surface area contributed by atoms with Gasteiger partial charge in [0.05, 0.1) is 31.3 Å². The highest BCUT2D eigenvalue weighted by Gasteiger charge is 2.18. The number of rotatable bonds is 11. The molecule has 7 heteroatoms. The predicted molar refractivity (Wildman–Crippen MR) is 126 cm³/mol. The molecule has 1 aromatic heterocycles. The second-order valence-electron chi connectivity index (χ2n) is 7.71. The van der Waals surface area contributed by atoms with Crippen LogP contribution in [0.3, 0.4) is 0 Å². The summed E-state index contributed by atoms with van der Waals surface area (Å²) in [5, 5.41) is 3.03. The number of hydrogen-bond acceptors (Lipinski definition) is 4. The van der Waals surface area contributed by atoms with Gasteiger partial charge in [0.15, 0.2) is 0 Å². The minimum absolute atomic E-state index is 0.0115. The van der Waals surface area contributed by atoms with E-state index in [0.29, 0.717) is 31.1 Å². The molecule has 3 aromatic rings. The Labute approximate surface area is 190 Å². The van der Waals surface area contributed by atoms with E-state index in [-0.39, 0.29) is 12.1 Å². The van der Waals surface area contributed by atoms with Gasteiger partial charge in [0, 0.05) is 31.0 Å². The summed E-state index contributed by atoms with van der Waals surface area (Å²) in [5.74, 6) is 1.45. The second kappa shape index (κ2) is 11.8. The number of aromatic nitrogens is 2. The van der Waals surface area contributed by atoms with Gasteiger partial charge in [-0.15, -0.1) is 0 Å². The van der Waals surface area contributed by atoms with Crippen LogP contribution in [0, 0.1) is 0 Å². The third-order valence-corrected chi connectivity index (χ3v) is 4.82. The molecule has 2 amide bonds. The lowest BCUT2D eigenvalue weighted by molar-refractivity contribution is 0.205. The first-order valence-corrected chi connectivity index (χ1v) is 11.0. The van der Waals surface area contributed by atoms with Gasteiger partial charge in [0.1, 0.15) is 11.5 Å². The number of carbonyl (C=O) groups is 1. The minimum Gasteiger partial charge on any atom is -0.494 e. The van der Waals surface area contributed by atoms with E-state index in [4.69, 9.17) is 9.47 Å². The molecule has 0 aliphatic heterocycles. The predicted octanol–water partition coefficient (Wildman–Crippen LogP) is 5.19. The van der Waals surface area contributed by atoms with Crippen LogP contribution in [0.15, 0.2) is 67.3 Å². The van der Waals surface area contributed by atoms with Gasteiger partial charge in [-0.3, -0.25) is 0 Å². The van der Waals surface area contributed by atoms with Crippen molar-refractivity contribution in [3.05, 3.63) is 72.8 Å². The molecule has 3 rings (SSSR count). The number of anilines is 1. The molecule has 0 bridgehead atoms. The summed E-state index contributed by atoms with van der Waals surface area (Å²) < 4.78 is 13.6. The monoisotopic (exact) mass is 436 g/mol. The number of urea groups is 1. The Hall–Kier alpha value is -3.48. The van der Waals surface area contributed by atoms with E-state index in [1.165, 1.54) is 0 Å². The van der Waals surface area contributed by atoms with E-state index in [9.17, 15) is 4.79 Å². The minimum atomic E-state index is -0.179. The van der Waals surface area contributed by atoms with Gasteiger partial charge in [-0.2, -0.15) is 0 Å². The smallest absolute Gasteiger partial charge is 0.322 e. The molecular weight excluding hydrogens is 404 g/mol. The first-order chi connectivity index (χ1) is 15.6. The van der Waals surface area contributed by atoms with Crippen LogP contribution >= 0.6 is 0 Å². The fraction of sp³-hybridized carbons (Fsp3) is 0.360. The van der Waals surface area contributed by atoms with Gasteiger partial charge in [0.2, 0.25) is 0 Å². The van der Waals surface area contributed by atoms with Crippen molar-refractivity contribution in [1.82, 2.24) is 14.5 Å². The van der Waals surface area contributed by atoms with Gasteiger partial charge in [-0.05, 0) is 45.4 Å². The van der Waals surface area contributed by atoms with Gasteiger partial charge < -0.3 is 24.3 Å². The largest absolute Gasteiger partial charge is 0.494 e. The van der Waals surface area contributed by atoms with Crippen LogP contribution in [0.2, 0.25) is 0 Å². The highest BCUT2D eigenvalue weighted by molar-refractivity contribution is 5.91. The number of imidazole rings is 1. The van der Waals surface area contributed by atoms with Gasteiger partial charge in [0.25, 0.3) is 0 Å². The molecule has 170 valence electrons. The van der Waals surface area contributed by atoms with Crippen LogP contribution in [-0.2, 0) is 13.1 Å². The van der Waals surface area contributed by atoms with Crippen LogP contribution in [0.5, 0.6) is 11.5 Å². The molecule has 0 fully saturated rings.